The van der Waals surface area contributed by atoms with Gasteiger partial charge in [0.25, 0.3) is 5.91 Å². The van der Waals surface area contributed by atoms with Crippen LogP contribution in [0.2, 0.25) is 0 Å². The smallest absolute Gasteiger partial charge is 0.257 e. The van der Waals surface area contributed by atoms with Crippen molar-refractivity contribution >= 4 is 34.2 Å². The molecule has 2 rings (SSSR count). The molecule has 2 aromatic rings. The highest BCUT2D eigenvalue weighted by molar-refractivity contribution is 7.14. The average Bonchev–Trinajstić information content (AvgIpc) is 3.01. The van der Waals surface area contributed by atoms with Crippen LogP contribution in [0.5, 0.6) is 0 Å². The van der Waals surface area contributed by atoms with Gasteiger partial charge in [-0.25, -0.2) is 4.98 Å². The van der Waals surface area contributed by atoms with Crippen LogP contribution < -0.4 is 16.0 Å². The van der Waals surface area contributed by atoms with Crippen molar-refractivity contribution in [1.29, 1.82) is 0 Å². The van der Waals surface area contributed by atoms with E-state index in [1.807, 2.05) is 19.9 Å². The van der Waals surface area contributed by atoms with Crippen LogP contribution in [0.3, 0.4) is 0 Å². The Morgan fingerprint density at radius 2 is 1.85 bits per heavy atom. The number of carbonyl (C=O) groups is 3. The third-order valence-corrected chi connectivity index (χ3v) is 4.08. The zero-order chi connectivity index (χ0) is 18.9. The second-order valence-electron chi connectivity index (χ2n) is 5.96. The molecule has 0 bridgehead atoms. The van der Waals surface area contributed by atoms with E-state index in [-0.39, 0.29) is 43.1 Å². The maximum Gasteiger partial charge on any atom is 0.257 e. The van der Waals surface area contributed by atoms with Crippen molar-refractivity contribution in [3.05, 3.63) is 47.0 Å². The molecule has 138 valence electrons. The van der Waals surface area contributed by atoms with E-state index in [0.29, 0.717) is 16.4 Å². The minimum absolute atomic E-state index is 0.0812. The molecular weight excluding hydrogens is 352 g/mol. The summed E-state index contributed by atoms with van der Waals surface area (Å²) in [6, 6.07) is 8.92. The Bertz CT molecular complexity index is 759. The molecule has 0 aliphatic carbocycles. The number of nitrogens with one attached hydrogen (secondary N) is 3. The van der Waals surface area contributed by atoms with Gasteiger partial charge in [-0.2, -0.15) is 0 Å². The van der Waals surface area contributed by atoms with Crippen molar-refractivity contribution in [1.82, 2.24) is 15.6 Å². The molecule has 1 heterocycles. The second-order valence-corrected chi connectivity index (χ2v) is 6.82. The average molecular weight is 374 g/mol. The first-order valence-corrected chi connectivity index (χ1v) is 9.19. The van der Waals surface area contributed by atoms with Gasteiger partial charge in [0.1, 0.15) is 0 Å². The Morgan fingerprint density at radius 3 is 2.54 bits per heavy atom. The topological polar surface area (TPSA) is 100 Å². The van der Waals surface area contributed by atoms with Crippen LogP contribution in [0.15, 0.2) is 35.7 Å². The summed E-state index contributed by atoms with van der Waals surface area (Å²) in [6.07, 6.45) is 0.336. The lowest BCUT2D eigenvalue weighted by Crippen LogP contribution is -2.34. The first-order chi connectivity index (χ1) is 12.4. The zero-order valence-corrected chi connectivity index (χ0v) is 15.6. The van der Waals surface area contributed by atoms with Crippen LogP contribution in [-0.4, -0.2) is 35.3 Å². The molecule has 0 saturated heterocycles. The Hall–Kier alpha value is -2.74. The van der Waals surface area contributed by atoms with E-state index in [9.17, 15) is 14.4 Å². The normalized spacial score (nSPS) is 10.4. The van der Waals surface area contributed by atoms with E-state index in [4.69, 9.17) is 0 Å². The van der Waals surface area contributed by atoms with Crippen molar-refractivity contribution in [3.63, 3.8) is 0 Å². The summed E-state index contributed by atoms with van der Waals surface area (Å²) in [5.74, 6) is -0.555. The van der Waals surface area contributed by atoms with Gasteiger partial charge in [0, 0.05) is 30.0 Å². The number of thiazole rings is 1. The van der Waals surface area contributed by atoms with E-state index in [2.05, 4.69) is 20.9 Å². The summed E-state index contributed by atoms with van der Waals surface area (Å²) in [6.45, 7) is 4.04. The molecule has 26 heavy (non-hydrogen) atoms. The van der Waals surface area contributed by atoms with E-state index >= 15 is 0 Å². The van der Waals surface area contributed by atoms with Gasteiger partial charge in [-0.05, 0) is 26.0 Å². The molecular formula is C18H22N4O3S. The molecule has 3 N–H and O–H groups in total. The summed E-state index contributed by atoms with van der Waals surface area (Å²) >= 11 is 1.26. The van der Waals surface area contributed by atoms with E-state index in [0.717, 1.165) is 0 Å². The summed E-state index contributed by atoms with van der Waals surface area (Å²) < 4.78 is 0. The monoisotopic (exact) mass is 374 g/mol. The van der Waals surface area contributed by atoms with Crippen molar-refractivity contribution in [2.75, 3.05) is 11.9 Å². The lowest BCUT2D eigenvalue weighted by molar-refractivity contribution is -0.122. The van der Waals surface area contributed by atoms with Gasteiger partial charge in [-0.3, -0.25) is 19.7 Å². The largest absolute Gasteiger partial charge is 0.355 e. The predicted octanol–water partition coefficient (Wildman–Crippen LogP) is 1.97. The number of carbonyl (C=O) groups excluding carboxylic acids is 3. The number of nitrogens with zero attached hydrogens (tertiary/aromatic N) is 1. The first-order valence-electron chi connectivity index (χ1n) is 8.31. The fraction of sp³-hybridized carbons (Fsp3) is 0.333. The number of benzene rings is 1. The van der Waals surface area contributed by atoms with Gasteiger partial charge >= 0.3 is 0 Å². The fourth-order valence-corrected chi connectivity index (χ4v) is 2.85. The SMILES string of the molecule is CC(C)NC(=O)CCNC(=O)Cc1csc(NC(=O)c2ccccc2)n1. The number of aromatic nitrogens is 1. The number of anilines is 1. The summed E-state index contributed by atoms with van der Waals surface area (Å²) in [5.41, 5.74) is 1.11. The molecule has 0 unspecified atom stereocenters. The van der Waals surface area contributed by atoms with Crippen LogP contribution in [0.1, 0.15) is 36.3 Å². The van der Waals surface area contributed by atoms with Crippen LogP contribution in [-0.2, 0) is 16.0 Å². The van der Waals surface area contributed by atoms with Crippen molar-refractivity contribution in [2.24, 2.45) is 0 Å². The van der Waals surface area contributed by atoms with Crippen LogP contribution in [0.25, 0.3) is 0 Å². The van der Waals surface area contributed by atoms with E-state index < -0.39 is 0 Å². The van der Waals surface area contributed by atoms with Gasteiger partial charge in [-0.1, -0.05) is 18.2 Å². The van der Waals surface area contributed by atoms with Crippen molar-refractivity contribution < 1.29 is 14.4 Å². The molecule has 8 heteroatoms. The second kappa shape index (κ2) is 9.67. The van der Waals surface area contributed by atoms with Crippen LogP contribution in [0, 0.1) is 0 Å². The third-order valence-electron chi connectivity index (χ3n) is 3.27. The lowest BCUT2D eigenvalue weighted by Gasteiger charge is -2.08. The van der Waals surface area contributed by atoms with Crippen LogP contribution in [0.4, 0.5) is 5.13 Å². The molecule has 0 radical (unpaired) electrons. The molecule has 7 nitrogen and oxygen atoms in total. The molecule has 1 aromatic heterocycles. The molecule has 3 amide bonds. The minimum atomic E-state index is -0.243. The van der Waals surface area contributed by atoms with Gasteiger partial charge < -0.3 is 10.6 Å². The van der Waals surface area contributed by atoms with E-state index in [1.54, 1.807) is 29.6 Å². The Balaban J connectivity index is 1.76. The summed E-state index contributed by atoms with van der Waals surface area (Å²) in [7, 11) is 0. The van der Waals surface area contributed by atoms with Gasteiger partial charge in [0.05, 0.1) is 12.1 Å². The van der Waals surface area contributed by atoms with Crippen LogP contribution >= 0.6 is 11.3 Å². The van der Waals surface area contributed by atoms with Crippen molar-refractivity contribution in [2.45, 2.75) is 32.7 Å². The highest BCUT2D eigenvalue weighted by Crippen LogP contribution is 2.17. The highest BCUT2D eigenvalue weighted by Gasteiger charge is 2.11. The quantitative estimate of drug-likeness (QED) is 0.658. The fourth-order valence-electron chi connectivity index (χ4n) is 2.14. The third kappa shape index (κ3) is 6.64. The Kier molecular flexibility index (Phi) is 7.28. The molecule has 0 aliphatic heterocycles. The number of amides is 3. The number of hydrogen-bond acceptors (Lipinski definition) is 5. The molecule has 0 atom stereocenters. The Labute approximate surface area is 156 Å². The number of rotatable bonds is 8. The highest BCUT2D eigenvalue weighted by atomic mass is 32.1. The van der Waals surface area contributed by atoms with Gasteiger partial charge in [-0.15, -0.1) is 11.3 Å². The van der Waals surface area contributed by atoms with Gasteiger partial charge in [0.15, 0.2) is 5.13 Å². The molecule has 0 aliphatic rings. The predicted molar refractivity (Wildman–Crippen MR) is 101 cm³/mol. The van der Waals surface area contributed by atoms with Crippen molar-refractivity contribution in [3.8, 4) is 0 Å². The molecule has 0 fully saturated rings. The standard InChI is InChI=1S/C18H22N4O3S/c1-12(2)20-15(23)8-9-19-16(24)10-14-11-26-18(21-14)22-17(25)13-6-4-3-5-7-13/h3-7,11-12H,8-10H2,1-2H3,(H,19,24)(H,20,23)(H,21,22,25). The molecule has 0 saturated carbocycles. The maximum absolute atomic E-state index is 12.1. The maximum atomic E-state index is 12.1. The van der Waals surface area contributed by atoms with Gasteiger partial charge in [0.2, 0.25) is 11.8 Å². The molecule has 1 aromatic carbocycles. The lowest BCUT2D eigenvalue weighted by atomic mass is 10.2. The first kappa shape index (κ1) is 19.6. The molecule has 0 spiro atoms. The Morgan fingerprint density at radius 1 is 1.12 bits per heavy atom. The van der Waals surface area contributed by atoms with E-state index in [1.165, 1.54) is 11.3 Å². The number of hydrogen-bond donors (Lipinski definition) is 3. The minimum Gasteiger partial charge on any atom is -0.355 e. The summed E-state index contributed by atoms with van der Waals surface area (Å²) in [5, 5.41) is 10.3. The zero-order valence-electron chi connectivity index (χ0n) is 14.7. The summed E-state index contributed by atoms with van der Waals surface area (Å²) in [4.78, 5) is 39.7.